The number of benzene rings is 2. The Kier molecular flexibility index (Phi) is 4.85. The van der Waals surface area contributed by atoms with Gasteiger partial charge in [0, 0.05) is 18.3 Å². The Labute approximate surface area is 164 Å². The van der Waals surface area contributed by atoms with E-state index in [2.05, 4.69) is 0 Å². The van der Waals surface area contributed by atoms with Crippen molar-refractivity contribution >= 4 is 0 Å². The van der Waals surface area contributed by atoms with Crippen molar-refractivity contribution in [2.75, 3.05) is 41.7 Å². The highest BCUT2D eigenvalue weighted by molar-refractivity contribution is 5.55. The van der Waals surface area contributed by atoms with E-state index in [1.165, 1.54) is 0 Å². The van der Waals surface area contributed by atoms with Crippen molar-refractivity contribution in [2.24, 2.45) is 5.92 Å². The van der Waals surface area contributed by atoms with Gasteiger partial charge in [0.25, 0.3) is 0 Å². The van der Waals surface area contributed by atoms with Gasteiger partial charge in [0.05, 0.1) is 47.3 Å². The topological polar surface area (TPSA) is 66.4 Å². The zero-order valence-corrected chi connectivity index (χ0v) is 16.7. The lowest BCUT2D eigenvalue weighted by atomic mass is 9.65. The van der Waals surface area contributed by atoms with Gasteiger partial charge in [-0.15, -0.1) is 0 Å². The molecule has 0 aromatic heterocycles. The molecule has 0 spiro atoms. The minimum Gasteiger partial charge on any atom is -0.493 e. The summed E-state index contributed by atoms with van der Waals surface area (Å²) in [5, 5.41) is 11.4. The van der Waals surface area contributed by atoms with E-state index in [-0.39, 0.29) is 11.8 Å². The number of ether oxygens (including phenoxy) is 5. The molecule has 0 amide bonds. The smallest absolute Gasteiger partial charge is 0.161 e. The number of aliphatic hydroxyl groups is 1. The molecule has 2 aromatic carbocycles. The SMILES string of the molecule is COc1ccc([C@H]2c3cc(OC)c(OC)cc3C[C@@]3(O)COC[C@H]23)cc1OC. The van der Waals surface area contributed by atoms with E-state index in [0.29, 0.717) is 42.6 Å². The van der Waals surface area contributed by atoms with Crippen molar-refractivity contribution in [3.05, 3.63) is 47.0 Å². The number of hydrogen-bond donors (Lipinski definition) is 1. The molecule has 0 bridgehead atoms. The van der Waals surface area contributed by atoms with Crippen LogP contribution in [0, 0.1) is 5.92 Å². The fourth-order valence-electron chi connectivity index (χ4n) is 4.60. The first kappa shape index (κ1) is 18.9. The zero-order chi connectivity index (χ0) is 19.9. The Morgan fingerprint density at radius 2 is 1.54 bits per heavy atom. The molecular weight excluding hydrogens is 360 g/mol. The van der Waals surface area contributed by atoms with Crippen LogP contribution in [0.2, 0.25) is 0 Å². The Bertz CT molecular complexity index is 880. The molecule has 1 aliphatic heterocycles. The molecule has 2 aliphatic rings. The van der Waals surface area contributed by atoms with Gasteiger partial charge >= 0.3 is 0 Å². The Morgan fingerprint density at radius 3 is 2.21 bits per heavy atom. The summed E-state index contributed by atoms with van der Waals surface area (Å²) in [6.07, 6.45) is 0.525. The standard InChI is InChI=1S/C22H26O6/c1-24-17-6-5-13(7-18(17)25-2)21-15-9-20(27-4)19(26-3)8-14(15)10-22(23)12-28-11-16(21)22/h5-9,16,21,23H,10-12H2,1-4H3/t16-,21+,22-/m1/s1. The quantitative estimate of drug-likeness (QED) is 0.852. The monoisotopic (exact) mass is 386 g/mol. The van der Waals surface area contributed by atoms with Crippen LogP contribution in [0.5, 0.6) is 23.0 Å². The molecule has 150 valence electrons. The Balaban J connectivity index is 1.90. The first-order chi connectivity index (χ1) is 13.5. The van der Waals surface area contributed by atoms with Crippen LogP contribution in [0.4, 0.5) is 0 Å². The summed E-state index contributed by atoms with van der Waals surface area (Å²) < 4.78 is 27.6. The van der Waals surface area contributed by atoms with Crippen LogP contribution >= 0.6 is 0 Å². The summed E-state index contributed by atoms with van der Waals surface area (Å²) in [7, 11) is 6.50. The van der Waals surface area contributed by atoms with E-state index in [1.807, 2.05) is 30.3 Å². The van der Waals surface area contributed by atoms with E-state index in [9.17, 15) is 5.11 Å². The molecule has 0 radical (unpaired) electrons. The molecule has 1 fully saturated rings. The van der Waals surface area contributed by atoms with Gasteiger partial charge in [-0.05, 0) is 41.0 Å². The number of methoxy groups -OCH3 is 4. The fraction of sp³-hybridized carbons (Fsp3) is 0.455. The normalized spacial score (nSPS) is 25.6. The third-order valence-electron chi connectivity index (χ3n) is 5.99. The molecule has 4 rings (SSSR count). The highest BCUT2D eigenvalue weighted by Crippen LogP contribution is 2.51. The van der Waals surface area contributed by atoms with E-state index in [4.69, 9.17) is 23.7 Å². The maximum atomic E-state index is 11.4. The first-order valence-electron chi connectivity index (χ1n) is 9.31. The molecule has 0 saturated carbocycles. The van der Waals surface area contributed by atoms with Gasteiger partial charge in [0.1, 0.15) is 0 Å². The summed E-state index contributed by atoms with van der Waals surface area (Å²) in [5.41, 5.74) is 2.29. The van der Waals surface area contributed by atoms with Crippen molar-refractivity contribution < 1.29 is 28.8 Å². The summed E-state index contributed by atoms with van der Waals surface area (Å²) in [6.45, 7) is 0.832. The fourth-order valence-corrected chi connectivity index (χ4v) is 4.60. The molecule has 6 nitrogen and oxygen atoms in total. The highest BCUT2D eigenvalue weighted by atomic mass is 16.5. The average Bonchev–Trinajstić information content (AvgIpc) is 3.11. The van der Waals surface area contributed by atoms with Gasteiger partial charge < -0.3 is 28.8 Å². The van der Waals surface area contributed by atoms with Gasteiger partial charge in [-0.25, -0.2) is 0 Å². The van der Waals surface area contributed by atoms with Crippen LogP contribution in [0.1, 0.15) is 22.6 Å². The summed E-state index contributed by atoms with van der Waals surface area (Å²) >= 11 is 0. The van der Waals surface area contributed by atoms with Gasteiger partial charge in [-0.2, -0.15) is 0 Å². The number of fused-ring (bicyclic) bond motifs is 2. The van der Waals surface area contributed by atoms with Crippen LogP contribution in [0.15, 0.2) is 30.3 Å². The van der Waals surface area contributed by atoms with E-state index < -0.39 is 5.60 Å². The highest BCUT2D eigenvalue weighted by Gasteiger charge is 2.51. The molecule has 1 saturated heterocycles. The average molecular weight is 386 g/mol. The third kappa shape index (κ3) is 2.88. The maximum Gasteiger partial charge on any atom is 0.161 e. The van der Waals surface area contributed by atoms with Gasteiger partial charge in [0.2, 0.25) is 0 Å². The van der Waals surface area contributed by atoms with Crippen molar-refractivity contribution in [2.45, 2.75) is 17.9 Å². The van der Waals surface area contributed by atoms with Crippen LogP contribution in [-0.2, 0) is 11.2 Å². The summed E-state index contributed by atoms with van der Waals surface area (Å²) in [4.78, 5) is 0. The number of hydrogen-bond acceptors (Lipinski definition) is 6. The minimum absolute atomic E-state index is 0.0591. The molecular formula is C22H26O6. The number of rotatable bonds is 5. The lowest BCUT2D eigenvalue weighted by Crippen LogP contribution is -2.46. The summed E-state index contributed by atoms with van der Waals surface area (Å²) in [6, 6.07) is 9.89. The molecule has 28 heavy (non-hydrogen) atoms. The van der Waals surface area contributed by atoms with Crippen LogP contribution in [-0.4, -0.2) is 52.4 Å². The largest absolute Gasteiger partial charge is 0.493 e. The van der Waals surface area contributed by atoms with E-state index in [1.54, 1.807) is 28.4 Å². The summed E-state index contributed by atoms with van der Waals surface area (Å²) in [5.74, 6) is 2.55. The second-order valence-corrected chi connectivity index (χ2v) is 7.40. The first-order valence-corrected chi connectivity index (χ1v) is 9.31. The zero-order valence-electron chi connectivity index (χ0n) is 16.7. The van der Waals surface area contributed by atoms with Crippen molar-refractivity contribution in [1.82, 2.24) is 0 Å². The van der Waals surface area contributed by atoms with Crippen molar-refractivity contribution in [3.63, 3.8) is 0 Å². The third-order valence-corrected chi connectivity index (χ3v) is 5.99. The van der Waals surface area contributed by atoms with Gasteiger partial charge in [0.15, 0.2) is 23.0 Å². The van der Waals surface area contributed by atoms with E-state index in [0.717, 1.165) is 16.7 Å². The van der Waals surface area contributed by atoms with E-state index >= 15 is 0 Å². The van der Waals surface area contributed by atoms with Crippen LogP contribution in [0.25, 0.3) is 0 Å². The maximum absolute atomic E-state index is 11.4. The minimum atomic E-state index is -0.912. The Hall–Kier alpha value is -2.44. The second kappa shape index (κ2) is 7.18. The molecule has 1 N–H and O–H groups in total. The Morgan fingerprint density at radius 1 is 0.893 bits per heavy atom. The van der Waals surface area contributed by atoms with Crippen LogP contribution < -0.4 is 18.9 Å². The van der Waals surface area contributed by atoms with Gasteiger partial charge in [-0.1, -0.05) is 6.07 Å². The molecule has 0 unspecified atom stereocenters. The van der Waals surface area contributed by atoms with Crippen molar-refractivity contribution in [1.29, 1.82) is 0 Å². The molecule has 1 heterocycles. The lowest BCUT2D eigenvalue weighted by molar-refractivity contribution is -0.00868. The molecule has 6 heteroatoms. The predicted molar refractivity (Wildman–Crippen MR) is 104 cm³/mol. The molecule has 3 atom stereocenters. The molecule has 1 aliphatic carbocycles. The van der Waals surface area contributed by atoms with Crippen molar-refractivity contribution in [3.8, 4) is 23.0 Å². The second-order valence-electron chi connectivity index (χ2n) is 7.40. The van der Waals surface area contributed by atoms with Crippen LogP contribution in [0.3, 0.4) is 0 Å². The lowest BCUT2D eigenvalue weighted by Gasteiger charge is -2.41. The molecule has 2 aromatic rings. The van der Waals surface area contributed by atoms with Gasteiger partial charge in [-0.3, -0.25) is 0 Å². The predicted octanol–water partition coefficient (Wildman–Crippen LogP) is 2.79.